The van der Waals surface area contributed by atoms with Gasteiger partial charge in [0.2, 0.25) is 0 Å². The predicted molar refractivity (Wildman–Crippen MR) is 78.8 cm³/mol. The van der Waals surface area contributed by atoms with Gasteiger partial charge in [-0.2, -0.15) is 0 Å². The van der Waals surface area contributed by atoms with Crippen molar-refractivity contribution in [1.29, 1.82) is 0 Å². The van der Waals surface area contributed by atoms with Crippen molar-refractivity contribution in [2.24, 2.45) is 0 Å². The Hall–Kier alpha value is -0.323. The Bertz CT molecular complexity index is 376. The molecule has 0 spiro atoms. The summed E-state index contributed by atoms with van der Waals surface area (Å²) in [6.45, 7) is 6.78. The zero-order chi connectivity index (χ0) is 13.1. The molecule has 0 saturated carbocycles. The molecule has 0 aliphatic heterocycles. The van der Waals surface area contributed by atoms with Gasteiger partial charge >= 0.3 is 0 Å². The number of hydrogen-bond acceptors (Lipinski definition) is 2. The molecule has 17 heavy (non-hydrogen) atoms. The first-order valence-electron chi connectivity index (χ1n) is 5.74. The summed E-state index contributed by atoms with van der Waals surface area (Å²) in [6, 6.07) is 8.51. The van der Waals surface area contributed by atoms with Gasteiger partial charge in [0, 0.05) is 19.0 Å². The number of aliphatic hydroxyl groups is 1. The van der Waals surface area contributed by atoms with Crippen molar-refractivity contribution < 1.29 is 9.84 Å². The van der Waals surface area contributed by atoms with E-state index in [9.17, 15) is 5.11 Å². The number of hydrogen-bond donors (Lipinski definition) is 1. The van der Waals surface area contributed by atoms with E-state index in [0.29, 0.717) is 5.33 Å². The fourth-order valence-electron chi connectivity index (χ4n) is 2.12. The van der Waals surface area contributed by atoms with Crippen molar-refractivity contribution in [2.45, 2.75) is 31.3 Å². The molecule has 0 radical (unpaired) electrons. The Morgan fingerprint density at radius 1 is 1.29 bits per heavy atom. The second-order valence-corrected chi connectivity index (χ2v) is 11.6. The van der Waals surface area contributed by atoms with Gasteiger partial charge in [-0.25, -0.2) is 0 Å². The lowest BCUT2D eigenvalue weighted by molar-refractivity contribution is 0.0807. The minimum atomic E-state index is -1.37. The van der Waals surface area contributed by atoms with E-state index in [4.69, 9.17) is 4.74 Å². The second-order valence-electron chi connectivity index (χ2n) is 5.60. The van der Waals surface area contributed by atoms with Crippen molar-refractivity contribution in [2.75, 3.05) is 12.4 Å². The van der Waals surface area contributed by atoms with Gasteiger partial charge in [0.15, 0.2) is 0 Å². The number of methoxy groups -OCH3 is 1. The quantitative estimate of drug-likeness (QED) is 0.664. The largest absolute Gasteiger partial charge is 0.496 e. The molecular formula is C13H21BrO2Si. The lowest BCUT2D eigenvalue weighted by atomic mass is 9.97. The van der Waals surface area contributed by atoms with Gasteiger partial charge in [0.25, 0.3) is 0 Å². The van der Waals surface area contributed by atoms with Gasteiger partial charge < -0.3 is 9.84 Å². The monoisotopic (exact) mass is 316 g/mol. The zero-order valence-corrected chi connectivity index (χ0v) is 13.5. The van der Waals surface area contributed by atoms with E-state index in [1.807, 2.05) is 24.3 Å². The highest BCUT2D eigenvalue weighted by molar-refractivity contribution is 9.09. The normalized spacial score (nSPS) is 15.4. The molecule has 0 heterocycles. The number of para-hydroxylation sites is 1. The van der Waals surface area contributed by atoms with E-state index in [2.05, 4.69) is 35.6 Å². The molecule has 1 rings (SSSR count). The van der Waals surface area contributed by atoms with Crippen molar-refractivity contribution in [3.8, 4) is 5.75 Å². The number of rotatable bonds is 5. The van der Waals surface area contributed by atoms with Crippen LogP contribution < -0.4 is 4.74 Å². The summed E-state index contributed by atoms with van der Waals surface area (Å²) in [6.07, 6.45) is 0. The molecule has 96 valence electrons. The van der Waals surface area contributed by atoms with Gasteiger partial charge in [0.05, 0.1) is 7.11 Å². The molecule has 1 N–H and O–H groups in total. The molecule has 0 bridgehead atoms. The first-order valence-corrected chi connectivity index (χ1v) is 10.6. The SMILES string of the molecule is COc1ccccc1C(O)(CBr)C[Si](C)(C)C. The summed E-state index contributed by atoms with van der Waals surface area (Å²) >= 11 is 3.44. The van der Waals surface area contributed by atoms with Gasteiger partial charge in [-0.15, -0.1) is 0 Å². The summed E-state index contributed by atoms with van der Waals surface area (Å²) < 4.78 is 5.34. The summed E-state index contributed by atoms with van der Waals surface area (Å²) in [5.41, 5.74) is 0.0404. The van der Waals surface area contributed by atoms with Gasteiger partial charge in [-0.05, 0) is 12.1 Å². The van der Waals surface area contributed by atoms with Crippen molar-refractivity contribution in [3.63, 3.8) is 0 Å². The Balaban J connectivity index is 3.15. The highest BCUT2D eigenvalue weighted by Gasteiger charge is 2.36. The average molecular weight is 317 g/mol. The van der Waals surface area contributed by atoms with E-state index >= 15 is 0 Å². The van der Waals surface area contributed by atoms with Crippen LogP contribution in [0.15, 0.2) is 24.3 Å². The average Bonchev–Trinajstić information content (AvgIpc) is 2.26. The Morgan fingerprint density at radius 3 is 2.35 bits per heavy atom. The van der Waals surface area contributed by atoms with Crippen LogP contribution in [0.5, 0.6) is 5.75 Å². The highest BCUT2D eigenvalue weighted by Crippen LogP contribution is 2.37. The third-order valence-electron chi connectivity index (χ3n) is 2.65. The Kier molecular flexibility index (Phi) is 4.81. The third kappa shape index (κ3) is 3.83. The molecule has 0 saturated heterocycles. The molecule has 2 nitrogen and oxygen atoms in total. The zero-order valence-electron chi connectivity index (χ0n) is 11.0. The summed E-state index contributed by atoms with van der Waals surface area (Å²) in [4.78, 5) is 0. The van der Waals surface area contributed by atoms with Crippen molar-refractivity contribution >= 4 is 24.0 Å². The topological polar surface area (TPSA) is 29.5 Å². The molecule has 1 unspecified atom stereocenters. The minimum Gasteiger partial charge on any atom is -0.496 e. The number of benzene rings is 1. The number of halogens is 1. The molecule has 0 aliphatic carbocycles. The van der Waals surface area contributed by atoms with Crippen molar-refractivity contribution in [3.05, 3.63) is 29.8 Å². The third-order valence-corrected chi connectivity index (χ3v) is 5.23. The van der Waals surface area contributed by atoms with E-state index in [1.54, 1.807) is 7.11 Å². The van der Waals surface area contributed by atoms with Crippen LogP contribution >= 0.6 is 15.9 Å². The molecule has 1 aromatic carbocycles. The summed E-state index contributed by atoms with van der Waals surface area (Å²) in [5, 5.41) is 11.4. The van der Waals surface area contributed by atoms with E-state index in [1.165, 1.54) is 0 Å². The van der Waals surface area contributed by atoms with Gasteiger partial charge in [-0.3, -0.25) is 0 Å². The van der Waals surface area contributed by atoms with Crippen LogP contribution in [0.3, 0.4) is 0 Å². The lowest BCUT2D eigenvalue weighted by Gasteiger charge is -2.33. The first kappa shape index (κ1) is 14.7. The smallest absolute Gasteiger partial charge is 0.124 e. The maximum absolute atomic E-state index is 10.8. The highest BCUT2D eigenvalue weighted by atomic mass is 79.9. The maximum Gasteiger partial charge on any atom is 0.124 e. The van der Waals surface area contributed by atoms with Gasteiger partial charge in [0.1, 0.15) is 11.4 Å². The van der Waals surface area contributed by atoms with E-state index < -0.39 is 13.7 Å². The van der Waals surface area contributed by atoms with E-state index in [0.717, 1.165) is 17.4 Å². The second kappa shape index (κ2) is 5.55. The molecule has 0 amide bonds. The summed E-state index contributed by atoms with van der Waals surface area (Å²) in [7, 11) is 0.273. The number of alkyl halides is 1. The molecule has 1 atom stereocenters. The van der Waals surface area contributed by atoms with Crippen LogP contribution in [0.25, 0.3) is 0 Å². The Labute approximate surface area is 113 Å². The number of ether oxygens (including phenoxy) is 1. The van der Waals surface area contributed by atoms with Crippen LogP contribution in [-0.4, -0.2) is 25.6 Å². The lowest BCUT2D eigenvalue weighted by Crippen LogP contribution is -2.37. The van der Waals surface area contributed by atoms with Gasteiger partial charge in [-0.1, -0.05) is 53.8 Å². The van der Waals surface area contributed by atoms with Crippen LogP contribution in [0.1, 0.15) is 5.56 Å². The van der Waals surface area contributed by atoms with Crippen LogP contribution in [0.4, 0.5) is 0 Å². The molecule has 0 aromatic heterocycles. The van der Waals surface area contributed by atoms with Crippen molar-refractivity contribution in [1.82, 2.24) is 0 Å². The fraction of sp³-hybridized carbons (Fsp3) is 0.538. The first-order chi connectivity index (χ1) is 7.82. The van der Waals surface area contributed by atoms with E-state index in [-0.39, 0.29) is 0 Å². The van der Waals surface area contributed by atoms with Crippen LogP contribution in [0.2, 0.25) is 25.7 Å². The Morgan fingerprint density at radius 2 is 1.88 bits per heavy atom. The molecule has 0 aliphatic rings. The van der Waals surface area contributed by atoms with Crippen LogP contribution in [-0.2, 0) is 5.60 Å². The molecule has 0 fully saturated rings. The standard InChI is InChI=1S/C13H21BrO2Si/c1-16-12-8-6-5-7-11(12)13(15,9-14)10-17(2,3)4/h5-8,15H,9-10H2,1-4H3. The summed E-state index contributed by atoms with van der Waals surface area (Å²) in [5.74, 6) is 0.757. The molecule has 4 heteroatoms. The molecular weight excluding hydrogens is 296 g/mol. The maximum atomic E-state index is 10.8. The molecule has 1 aromatic rings. The predicted octanol–water partition coefficient (Wildman–Crippen LogP) is 3.62. The fourth-order valence-corrected chi connectivity index (χ4v) is 5.06. The minimum absolute atomic E-state index is 0.532. The van der Waals surface area contributed by atoms with Crippen LogP contribution in [0, 0.1) is 0 Å².